The minimum Gasteiger partial charge on any atom is -0.376 e. The van der Waals surface area contributed by atoms with Crippen molar-refractivity contribution in [2.45, 2.75) is 58.7 Å². The molecule has 118 valence electrons. The summed E-state index contributed by atoms with van der Waals surface area (Å²) in [5.41, 5.74) is 2.38. The highest BCUT2D eigenvalue weighted by Gasteiger charge is 2.17. The largest absolute Gasteiger partial charge is 0.376 e. The predicted molar refractivity (Wildman–Crippen MR) is 87.8 cm³/mol. The number of hydrogen-bond acceptors (Lipinski definition) is 4. The molecule has 4 heteroatoms. The number of aromatic nitrogens is 1. The number of aryl methyl sites for hydroxylation is 1. The van der Waals surface area contributed by atoms with E-state index < -0.39 is 0 Å². The first-order chi connectivity index (χ1) is 10.1. The Balaban J connectivity index is 1.94. The van der Waals surface area contributed by atoms with E-state index in [0.29, 0.717) is 12.1 Å². The maximum Gasteiger partial charge on any atom is 0.128 e. The van der Waals surface area contributed by atoms with Crippen LogP contribution in [0.3, 0.4) is 0 Å². The van der Waals surface area contributed by atoms with Crippen molar-refractivity contribution >= 4 is 5.82 Å². The molecule has 0 aliphatic carbocycles. The molecule has 0 aromatic carbocycles. The molecule has 0 amide bonds. The summed E-state index contributed by atoms with van der Waals surface area (Å²) in [5.74, 6) is 1.04. The van der Waals surface area contributed by atoms with Gasteiger partial charge in [0, 0.05) is 38.5 Å². The monoisotopic (exact) mass is 291 g/mol. The van der Waals surface area contributed by atoms with Gasteiger partial charge in [0.1, 0.15) is 5.82 Å². The van der Waals surface area contributed by atoms with Crippen LogP contribution in [-0.4, -0.2) is 37.3 Å². The van der Waals surface area contributed by atoms with E-state index in [2.05, 4.69) is 50.2 Å². The van der Waals surface area contributed by atoms with Gasteiger partial charge in [0.05, 0.1) is 6.10 Å². The van der Waals surface area contributed by atoms with E-state index in [-0.39, 0.29) is 0 Å². The van der Waals surface area contributed by atoms with E-state index in [1.54, 1.807) is 0 Å². The fourth-order valence-electron chi connectivity index (χ4n) is 2.64. The van der Waals surface area contributed by atoms with Gasteiger partial charge in [-0.25, -0.2) is 4.98 Å². The molecule has 1 atom stereocenters. The van der Waals surface area contributed by atoms with Crippen LogP contribution in [-0.2, 0) is 11.3 Å². The third-order valence-electron chi connectivity index (χ3n) is 4.02. The second kappa shape index (κ2) is 7.76. The van der Waals surface area contributed by atoms with Crippen LogP contribution in [0, 0.1) is 6.92 Å². The van der Waals surface area contributed by atoms with Crippen molar-refractivity contribution in [3.05, 3.63) is 23.4 Å². The van der Waals surface area contributed by atoms with E-state index in [9.17, 15) is 0 Å². The van der Waals surface area contributed by atoms with E-state index >= 15 is 0 Å². The summed E-state index contributed by atoms with van der Waals surface area (Å²) in [5, 5.41) is 3.44. The molecule has 1 aliphatic rings. The summed E-state index contributed by atoms with van der Waals surface area (Å²) in [7, 11) is 2.10. The van der Waals surface area contributed by atoms with Crippen LogP contribution in [0.4, 0.5) is 5.82 Å². The van der Waals surface area contributed by atoms with Gasteiger partial charge in [-0.3, -0.25) is 0 Å². The molecule has 1 saturated heterocycles. The molecule has 1 aromatic rings. The molecular weight excluding hydrogens is 262 g/mol. The van der Waals surface area contributed by atoms with Crippen molar-refractivity contribution in [1.82, 2.24) is 10.3 Å². The van der Waals surface area contributed by atoms with Gasteiger partial charge in [-0.1, -0.05) is 19.9 Å². The lowest BCUT2D eigenvalue weighted by molar-refractivity contribution is 0.0215. The van der Waals surface area contributed by atoms with Crippen molar-refractivity contribution in [3.8, 4) is 0 Å². The maximum absolute atomic E-state index is 5.81. The first kappa shape index (κ1) is 16.2. The SMILES string of the molecule is Cc1nc(N(C)CC2CCCCO2)ccc1CNC(C)C. The molecule has 1 unspecified atom stereocenters. The van der Waals surface area contributed by atoms with Crippen molar-refractivity contribution in [2.24, 2.45) is 0 Å². The normalized spacial score (nSPS) is 19.0. The second-order valence-electron chi connectivity index (χ2n) is 6.32. The van der Waals surface area contributed by atoms with Gasteiger partial charge in [-0.15, -0.1) is 0 Å². The third kappa shape index (κ3) is 4.97. The molecule has 0 saturated carbocycles. The van der Waals surface area contributed by atoms with Crippen molar-refractivity contribution in [3.63, 3.8) is 0 Å². The Morgan fingerprint density at radius 3 is 2.81 bits per heavy atom. The lowest BCUT2D eigenvalue weighted by atomic mass is 10.1. The molecule has 2 rings (SSSR count). The summed E-state index contributed by atoms with van der Waals surface area (Å²) in [6.07, 6.45) is 4.01. The summed E-state index contributed by atoms with van der Waals surface area (Å²) in [6.45, 7) is 9.13. The van der Waals surface area contributed by atoms with Gasteiger partial charge >= 0.3 is 0 Å². The molecule has 2 heterocycles. The van der Waals surface area contributed by atoms with Crippen molar-refractivity contribution in [2.75, 3.05) is 25.1 Å². The summed E-state index contributed by atoms with van der Waals surface area (Å²) < 4.78 is 5.81. The number of rotatable bonds is 6. The zero-order valence-electron chi connectivity index (χ0n) is 13.9. The third-order valence-corrected chi connectivity index (χ3v) is 4.02. The Morgan fingerprint density at radius 2 is 2.19 bits per heavy atom. The van der Waals surface area contributed by atoms with Crippen LogP contribution in [0.1, 0.15) is 44.4 Å². The number of hydrogen-bond donors (Lipinski definition) is 1. The van der Waals surface area contributed by atoms with Crippen LogP contribution < -0.4 is 10.2 Å². The maximum atomic E-state index is 5.81. The van der Waals surface area contributed by atoms with Gasteiger partial charge < -0.3 is 15.0 Å². The number of likely N-dealkylation sites (N-methyl/N-ethyl adjacent to an activating group) is 1. The van der Waals surface area contributed by atoms with Gasteiger partial charge in [-0.2, -0.15) is 0 Å². The molecule has 1 fully saturated rings. The molecule has 1 N–H and O–H groups in total. The van der Waals surface area contributed by atoms with Crippen molar-refractivity contribution in [1.29, 1.82) is 0 Å². The number of anilines is 1. The molecule has 0 spiro atoms. The van der Waals surface area contributed by atoms with Gasteiger partial charge in [0.25, 0.3) is 0 Å². The zero-order chi connectivity index (χ0) is 15.2. The Bertz CT molecular complexity index is 442. The lowest BCUT2D eigenvalue weighted by Crippen LogP contribution is -2.33. The van der Waals surface area contributed by atoms with E-state index in [0.717, 1.165) is 31.2 Å². The van der Waals surface area contributed by atoms with Crippen LogP contribution in [0.5, 0.6) is 0 Å². The van der Waals surface area contributed by atoms with Gasteiger partial charge in [0.2, 0.25) is 0 Å². The van der Waals surface area contributed by atoms with Crippen LogP contribution in [0.25, 0.3) is 0 Å². The van der Waals surface area contributed by atoms with Gasteiger partial charge in [-0.05, 0) is 37.8 Å². The summed E-state index contributed by atoms with van der Waals surface area (Å²) >= 11 is 0. The minimum absolute atomic E-state index is 0.355. The highest BCUT2D eigenvalue weighted by atomic mass is 16.5. The van der Waals surface area contributed by atoms with Crippen molar-refractivity contribution < 1.29 is 4.74 Å². The molecule has 0 radical (unpaired) electrons. The lowest BCUT2D eigenvalue weighted by Gasteiger charge is -2.28. The second-order valence-corrected chi connectivity index (χ2v) is 6.32. The Hall–Kier alpha value is -1.13. The smallest absolute Gasteiger partial charge is 0.128 e. The summed E-state index contributed by atoms with van der Waals surface area (Å²) in [6, 6.07) is 4.80. The number of nitrogens with one attached hydrogen (secondary N) is 1. The first-order valence-corrected chi connectivity index (χ1v) is 8.09. The molecule has 4 nitrogen and oxygen atoms in total. The zero-order valence-corrected chi connectivity index (χ0v) is 13.9. The van der Waals surface area contributed by atoms with E-state index in [4.69, 9.17) is 9.72 Å². The highest BCUT2D eigenvalue weighted by molar-refractivity contribution is 5.41. The van der Waals surface area contributed by atoms with E-state index in [1.165, 1.54) is 24.8 Å². The van der Waals surface area contributed by atoms with Crippen LogP contribution >= 0.6 is 0 Å². The van der Waals surface area contributed by atoms with Crippen LogP contribution in [0.15, 0.2) is 12.1 Å². The minimum atomic E-state index is 0.355. The Labute approximate surface area is 128 Å². The topological polar surface area (TPSA) is 37.4 Å². The molecule has 1 aromatic heterocycles. The van der Waals surface area contributed by atoms with E-state index in [1.807, 2.05) is 0 Å². The highest BCUT2D eigenvalue weighted by Crippen LogP contribution is 2.18. The molecule has 1 aliphatic heterocycles. The summed E-state index contributed by atoms with van der Waals surface area (Å²) in [4.78, 5) is 6.96. The predicted octanol–water partition coefficient (Wildman–Crippen LogP) is 2.89. The average molecular weight is 291 g/mol. The number of pyridine rings is 1. The standard InChI is InChI=1S/C17H29N3O/c1-13(2)18-11-15-8-9-17(19-14(15)3)20(4)12-16-7-5-6-10-21-16/h8-9,13,16,18H,5-7,10-12H2,1-4H3. The molecule has 21 heavy (non-hydrogen) atoms. The quantitative estimate of drug-likeness (QED) is 0.874. The number of ether oxygens (including phenoxy) is 1. The van der Waals surface area contributed by atoms with Gasteiger partial charge in [0.15, 0.2) is 0 Å². The molecular formula is C17H29N3O. The average Bonchev–Trinajstić information content (AvgIpc) is 2.46. The first-order valence-electron chi connectivity index (χ1n) is 8.09. The number of nitrogens with zero attached hydrogens (tertiary/aromatic N) is 2. The van der Waals surface area contributed by atoms with Crippen LogP contribution in [0.2, 0.25) is 0 Å². The Morgan fingerprint density at radius 1 is 1.38 bits per heavy atom. The Kier molecular flexibility index (Phi) is 6.00. The fraction of sp³-hybridized carbons (Fsp3) is 0.706. The molecule has 0 bridgehead atoms. The fourth-order valence-corrected chi connectivity index (χ4v) is 2.64.